The van der Waals surface area contributed by atoms with Crippen LogP contribution in [-0.2, 0) is 0 Å². The van der Waals surface area contributed by atoms with E-state index in [0.717, 1.165) is 0 Å². The third-order valence-corrected chi connectivity index (χ3v) is 1.90. The van der Waals surface area contributed by atoms with Crippen LogP contribution in [0.3, 0.4) is 0 Å². The zero-order valence-corrected chi connectivity index (χ0v) is 8.37. The second kappa shape index (κ2) is 5.71. The first-order valence-corrected chi connectivity index (χ1v) is 4.48. The molecule has 3 nitrogen and oxygen atoms in total. The quantitative estimate of drug-likeness (QED) is 0.323. The van der Waals surface area contributed by atoms with E-state index in [1.807, 2.05) is 0 Å². The Labute approximate surface area is 79.7 Å². The smallest absolute Gasteiger partial charge is 0.258 e. The maximum atomic E-state index is 10.5. The summed E-state index contributed by atoms with van der Waals surface area (Å²) >= 11 is 3.17. The van der Waals surface area contributed by atoms with Crippen molar-refractivity contribution >= 4 is 15.9 Å². The highest BCUT2D eigenvalue weighted by Crippen LogP contribution is 2.13. The molecule has 0 aromatic rings. The zero-order chi connectivity index (χ0) is 9.56. The van der Waals surface area contributed by atoms with Gasteiger partial charge in [0.05, 0.1) is 4.92 Å². The van der Waals surface area contributed by atoms with Crippen molar-refractivity contribution in [1.82, 2.24) is 0 Å². The van der Waals surface area contributed by atoms with Crippen LogP contribution in [0.25, 0.3) is 0 Å². The second-order valence-electron chi connectivity index (χ2n) is 1.99. The number of halogens is 1. The van der Waals surface area contributed by atoms with E-state index in [1.165, 1.54) is 12.2 Å². The normalized spacial score (nSPS) is 12.8. The fourth-order valence-corrected chi connectivity index (χ4v) is 1.30. The Morgan fingerprint density at radius 1 is 1.75 bits per heavy atom. The summed E-state index contributed by atoms with van der Waals surface area (Å²) in [5.74, 6) is 0. The van der Waals surface area contributed by atoms with E-state index >= 15 is 0 Å². The van der Waals surface area contributed by atoms with Gasteiger partial charge in [-0.3, -0.25) is 10.1 Å². The number of hydrogen-bond donors (Lipinski definition) is 0. The fourth-order valence-electron chi connectivity index (χ4n) is 0.690. The Bertz CT molecular complexity index is 243. The van der Waals surface area contributed by atoms with Gasteiger partial charge in [0.25, 0.3) is 5.70 Å². The van der Waals surface area contributed by atoms with Gasteiger partial charge in [-0.2, -0.15) is 0 Å². The molecule has 0 atom stereocenters. The van der Waals surface area contributed by atoms with E-state index < -0.39 is 4.92 Å². The molecular weight excluding hydrogens is 222 g/mol. The number of hydrogen-bond acceptors (Lipinski definition) is 2. The lowest BCUT2D eigenvalue weighted by molar-refractivity contribution is -0.420. The molecule has 0 rings (SSSR count). The highest BCUT2D eigenvalue weighted by molar-refractivity contribution is 9.09. The lowest BCUT2D eigenvalue weighted by Gasteiger charge is -1.97. The van der Waals surface area contributed by atoms with Gasteiger partial charge in [-0.1, -0.05) is 34.7 Å². The molecular formula is C8H10BrNO2. The molecule has 0 heterocycles. The van der Waals surface area contributed by atoms with E-state index in [-0.39, 0.29) is 5.70 Å². The standard InChI is InChI=1S/C8H10BrNO2/c1-3-5-8(10(11)12)7(4-2)6-9/h3-5H,1,6H2,2H3/b7-4-,8-5+. The molecule has 4 heteroatoms. The van der Waals surface area contributed by atoms with E-state index in [4.69, 9.17) is 0 Å². The molecule has 0 unspecified atom stereocenters. The first-order valence-electron chi connectivity index (χ1n) is 3.36. The molecule has 0 aromatic heterocycles. The first kappa shape index (κ1) is 11.1. The molecule has 0 saturated carbocycles. The van der Waals surface area contributed by atoms with Crippen molar-refractivity contribution in [2.24, 2.45) is 0 Å². The molecule has 0 aliphatic heterocycles. The summed E-state index contributed by atoms with van der Waals surface area (Å²) in [5, 5.41) is 11.0. The number of nitrogens with zero attached hydrogens (tertiary/aromatic N) is 1. The predicted molar refractivity (Wildman–Crippen MR) is 52.8 cm³/mol. The molecule has 0 fully saturated rings. The van der Waals surface area contributed by atoms with Crippen LogP contribution < -0.4 is 0 Å². The summed E-state index contributed by atoms with van der Waals surface area (Å²) in [5.41, 5.74) is 0.740. The van der Waals surface area contributed by atoms with Crippen molar-refractivity contribution in [2.75, 3.05) is 5.33 Å². The second-order valence-corrected chi connectivity index (χ2v) is 2.55. The van der Waals surface area contributed by atoms with Crippen LogP contribution >= 0.6 is 15.9 Å². The molecule has 0 aliphatic carbocycles. The van der Waals surface area contributed by atoms with Crippen molar-refractivity contribution in [3.05, 3.63) is 46.2 Å². The van der Waals surface area contributed by atoms with Crippen LogP contribution in [0.5, 0.6) is 0 Å². The number of alkyl halides is 1. The molecule has 0 saturated heterocycles. The van der Waals surface area contributed by atoms with E-state index in [0.29, 0.717) is 10.9 Å². The van der Waals surface area contributed by atoms with Crippen LogP contribution in [0.1, 0.15) is 6.92 Å². The topological polar surface area (TPSA) is 43.1 Å². The van der Waals surface area contributed by atoms with Gasteiger partial charge >= 0.3 is 0 Å². The minimum atomic E-state index is -0.418. The molecule has 0 radical (unpaired) electrons. The average molecular weight is 232 g/mol. The number of nitro groups is 1. The van der Waals surface area contributed by atoms with Crippen LogP contribution in [-0.4, -0.2) is 10.3 Å². The van der Waals surface area contributed by atoms with Crippen LogP contribution in [0.4, 0.5) is 0 Å². The average Bonchev–Trinajstić information content (AvgIpc) is 2.05. The Kier molecular flexibility index (Phi) is 5.28. The minimum Gasteiger partial charge on any atom is -0.258 e. The summed E-state index contributed by atoms with van der Waals surface area (Å²) in [6.07, 6.45) is 4.49. The molecule has 0 spiro atoms. The van der Waals surface area contributed by atoms with E-state index in [9.17, 15) is 10.1 Å². The van der Waals surface area contributed by atoms with Crippen molar-refractivity contribution in [1.29, 1.82) is 0 Å². The maximum Gasteiger partial charge on any atom is 0.273 e. The van der Waals surface area contributed by atoms with Crippen molar-refractivity contribution < 1.29 is 4.92 Å². The van der Waals surface area contributed by atoms with Gasteiger partial charge in [0.15, 0.2) is 0 Å². The summed E-state index contributed by atoms with van der Waals surface area (Å²) in [4.78, 5) is 10.1. The zero-order valence-electron chi connectivity index (χ0n) is 6.79. The Morgan fingerprint density at radius 2 is 2.33 bits per heavy atom. The van der Waals surface area contributed by atoms with Gasteiger partial charge in [0, 0.05) is 17.0 Å². The van der Waals surface area contributed by atoms with Gasteiger partial charge in [-0.15, -0.1) is 0 Å². The Balaban J connectivity index is 4.86. The van der Waals surface area contributed by atoms with E-state index in [1.54, 1.807) is 13.0 Å². The molecule has 0 bridgehead atoms. The third-order valence-electron chi connectivity index (χ3n) is 1.29. The largest absolute Gasteiger partial charge is 0.273 e. The van der Waals surface area contributed by atoms with Gasteiger partial charge in [-0.05, 0) is 6.92 Å². The highest BCUT2D eigenvalue weighted by Gasteiger charge is 2.13. The van der Waals surface area contributed by atoms with Gasteiger partial charge in [-0.25, -0.2) is 0 Å². The minimum absolute atomic E-state index is 0.0874. The summed E-state index contributed by atoms with van der Waals surface area (Å²) in [7, 11) is 0. The monoisotopic (exact) mass is 231 g/mol. The van der Waals surface area contributed by atoms with Gasteiger partial charge in [0.1, 0.15) is 0 Å². The van der Waals surface area contributed by atoms with Crippen LogP contribution in [0.15, 0.2) is 36.1 Å². The molecule has 0 aliphatic rings. The van der Waals surface area contributed by atoms with Crippen molar-refractivity contribution in [3.63, 3.8) is 0 Å². The molecule has 12 heavy (non-hydrogen) atoms. The molecule has 0 aromatic carbocycles. The lowest BCUT2D eigenvalue weighted by Crippen LogP contribution is -2.02. The van der Waals surface area contributed by atoms with Crippen molar-refractivity contribution in [3.8, 4) is 0 Å². The Hall–Kier alpha value is -0.900. The molecule has 0 amide bonds. The maximum absolute atomic E-state index is 10.5. The summed E-state index contributed by atoms with van der Waals surface area (Å²) in [6, 6.07) is 0. The van der Waals surface area contributed by atoms with Gasteiger partial charge < -0.3 is 0 Å². The fraction of sp³-hybridized carbons (Fsp3) is 0.250. The molecule has 0 N–H and O–H groups in total. The Morgan fingerprint density at radius 3 is 2.58 bits per heavy atom. The predicted octanol–water partition coefficient (Wildman–Crippen LogP) is 2.67. The number of rotatable bonds is 4. The first-order chi connectivity index (χ1) is 5.67. The summed E-state index contributed by atoms with van der Waals surface area (Å²) < 4.78 is 0. The third kappa shape index (κ3) is 3.00. The van der Waals surface area contributed by atoms with Gasteiger partial charge in [0.2, 0.25) is 0 Å². The summed E-state index contributed by atoms with van der Waals surface area (Å²) in [6.45, 7) is 5.17. The lowest BCUT2D eigenvalue weighted by atomic mass is 10.2. The SMILES string of the molecule is C=C/C=C(\C(=C/C)CBr)[N+](=O)[O-]. The van der Waals surface area contributed by atoms with Crippen LogP contribution in [0, 0.1) is 10.1 Å². The highest BCUT2D eigenvalue weighted by atomic mass is 79.9. The molecule has 66 valence electrons. The van der Waals surface area contributed by atoms with Crippen LogP contribution in [0.2, 0.25) is 0 Å². The van der Waals surface area contributed by atoms with Crippen molar-refractivity contribution in [2.45, 2.75) is 6.92 Å². The number of allylic oxidation sites excluding steroid dienone is 4. The van der Waals surface area contributed by atoms with E-state index in [2.05, 4.69) is 22.5 Å².